The molecule has 0 aromatic heterocycles. The third-order valence-electron chi connectivity index (χ3n) is 1.69. The van der Waals surface area contributed by atoms with E-state index in [1.165, 1.54) is 11.1 Å². The molecule has 0 aliphatic rings. The maximum Gasteiger partial charge on any atom is 0.00798 e. The summed E-state index contributed by atoms with van der Waals surface area (Å²) in [7, 11) is 0. The standard InChI is InChI=1S/C8H10.C3H8N2.C2H6/c1-7-5-3-4-6-8(7)2;1-2-3-5-4;1-2/h3-6H,1-2H3;2-3,5H,4H2,1H3;1-2H3. The van der Waals surface area contributed by atoms with Gasteiger partial charge in [0.2, 0.25) is 0 Å². The first kappa shape index (κ1) is 16.2. The van der Waals surface area contributed by atoms with Crippen LogP contribution in [-0.4, -0.2) is 0 Å². The zero-order valence-corrected chi connectivity index (χ0v) is 10.5. The van der Waals surface area contributed by atoms with Crippen molar-refractivity contribution < 1.29 is 0 Å². The number of allylic oxidation sites excluding steroid dienone is 1. The molecule has 0 saturated carbocycles. The quantitative estimate of drug-likeness (QED) is 0.549. The van der Waals surface area contributed by atoms with Gasteiger partial charge < -0.3 is 5.43 Å². The third kappa shape index (κ3) is 10.6. The fourth-order valence-corrected chi connectivity index (χ4v) is 0.759. The Morgan fingerprint density at radius 3 is 1.60 bits per heavy atom. The van der Waals surface area contributed by atoms with Crippen LogP contribution in [0.5, 0.6) is 0 Å². The van der Waals surface area contributed by atoms with Crippen molar-refractivity contribution in [2.45, 2.75) is 34.6 Å². The monoisotopic (exact) mass is 208 g/mol. The number of nitrogens with one attached hydrogen (secondary N) is 1. The molecule has 1 rings (SSSR count). The molecule has 0 fully saturated rings. The second kappa shape index (κ2) is 12.7. The maximum atomic E-state index is 4.80. The molecule has 15 heavy (non-hydrogen) atoms. The molecule has 1 aromatic carbocycles. The summed E-state index contributed by atoms with van der Waals surface area (Å²) in [4.78, 5) is 0. The molecule has 0 heterocycles. The molecule has 0 bridgehead atoms. The van der Waals surface area contributed by atoms with E-state index >= 15 is 0 Å². The van der Waals surface area contributed by atoms with E-state index < -0.39 is 0 Å². The lowest BCUT2D eigenvalue weighted by Gasteiger charge is -1.93. The number of hydrogen-bond acceptors (Lipinski definition) is 2. The Balaban J connectivity index is 0. The molecule has 0 aliphatic carbocycles. The van der Waals surface area contributed by atoms with Crippen molar-refractivity contribution in [2.75, 3.05) is 0 Å². The molecule has 86 valence electrons. The van der Waals surface area contributed by atoms with Gasteiger partial charge in [-0.1, -0.05) is 44.2 Å². The van der Waals surface area contributed by atoms with Crippen LogP contribution in [0.1, 0.15) is 31.9 Å². The SMILES string of the molecule is CC.CC=CNN.Cc1ccccc1C. The normalized spacial score (nSPS) is 8.40. The molecule has 2 heteroatoms. The van der Waals surface area contributed by atoms with Gasteiger partial charge in [-0.05, 0) is 31.9 Å². The molecule has 3 N–H and O–H groups in total. The first-order valence-corrected chi connectivity index (χ1v) is 5.32. The highest BCUT2D eigenvalue weighted by Crippen LogP contribution is 2.02. The van der Waals surface area contributed by atoms with E-state index in [2.05, 4.69) is 43.5 Å². The largest absolute Gasteiger partial charge is 0.332 e. The molecule has 0 radical (unpaired) electrons. The number of hydrogen-bond donors (Lipinski definition) is 2. The fourth-order valence-electron chi connectivity index (χ4n) is 0.759. The van der Waals surface area contributed by atoms with Crippen LogP contribution >= 0.6 is 0 Å². The lowest BCUT2D eigenvalue weighted by molar-refractivity contribution is 0.965. The Kier molecular flexibility index (Phi) is 13.7. The van der Waals surface area contributed by atoms with Crippen LogP contribution in [-0.2, 0) is 0 Å². The van der Waals surface area contributed by atoms with Gasteiger partial charge in [-0.2, -0.15) is 0 Å². The highest BCUT2D eigenvalue weighted by atomic mass is 15.2. The summed E-state index contributed by atoms with van der Waals surface area (Å²) in [5, 5.41) is 0. The summed E-state index contributed by atoms with van der Waals surface area (Å²) in [6.45, 7) is 10.1. The van der Waals surface area contributed by atoms with Crippen LogP contribution in [0, 0.1) is 13.8 Å². The predicted octanol–water partition coefficient (Wildman–Crippen LogP) is 3.31. The van der Waals surface area contributed by atoms with Crippen molar-refractivity contribution in [1.82, 2.24) is 5.43 Å². The molecule has 2 nitrogen and oxygen atoms in total. The maximum absolute atomic E-state index is 4.80. The van der Waals surface area contributed by atoms with Crippen molar-refractivity contribution in [3.63, 3.8) is 0 Å². The molecule has 0 aliphatic heterocycles. The minimum atomic E-state index is 1.37. The summed E-state index contributed by atoms with van der Waals surface area (Å²) in [5.74, 6) is 4.80. The Morgan fingerprint density at radius 2 is 1.47 bits per heavy atom. The Bertz CT molecular complexity index is 233. The molecule has 0 unspecified atom stereocenters. The highest BCUT2D eigenvalue weighted by Gasteiger charge is 1.83. The zero-order valence-electron chi connectivity index (χ0n) is 10.5. The minimum Gasteiger partial charge on any atom is -0.332 e. The second-order valence-electron chi connectivity index (χ2n) is 2.75. The predicted molar refractivity (Wildman–Crippen MR) is 69.4 cm³/mol. The van der Waals surface area contributed by atoms with Crippen molar-refractivity contribution in [2.24, 2.45) is 5.84 Å². The number of benzene rings is 1. The van der Waals surface area contributed by atoms with Gasteiger partial charge >= 0.3 is 0 Å². The summed E-state index contributed by atoms with van der Waals surface area (Å²) in [6.07, 6.45) is 3.47. The van der Waals surface area contributed by atoms with E-state index in [0.717, 1.165) is 0 Å². The van der Waals surface area contributed by atoms with Crippen molar-refractivity contribution in [1.29, 1.82) is 0 Å². The summed E-state index contributed by atoms with van der Waals surface area (Å²) >= 11 is 0. The molecule has 0 saturated heterocycles. The molecular formula is C13H24N2. The van der Waals surface area contributed by atoms with Crippen LogP contribution in [0.2, 0.25) is 0 Å². The van der Waals surface area contributed by atoms with E-state index in [9.17, 15) is 0 Å². The number of aryl methyl sites for hydroxylation is 2. The summed E-state index contributed by atoms with van der Waals surface area (Å²) in [6, 6.07) is 8.36. The Labute approximate surface area is 94.2 Å². The van der Waals surface area contributed by atoms with E-state index in [1.807, 2.05) is 26.8 Å². The van der Waals surface area contributed by atoms with Gasteiger partial charge in [-0.15, -0.1) is 0 Å². The highest BCUT2D eigenvalue weighted by molar-refractivity contribution is 5.23. The van der Waals surface area contributed by atoms with Gasteiger partial charge in [0.05, 0.1) is 0 Å². The number of nitrogens with two attached hydrogens (primary N) is 1. The molecular weight excluding hydrogens is 184 g/mol. The van der Waals surface area contributed by atoms with E-state index in [0.29, 0.717) is 0 Å². The first-order valence-electron chi connectivity index (χ1n) is 5.32. The summed E-state index contributed by atoms with van der Waals surface area (Å²) in [5.41, 5.74) is 5.07. The van der Waals surface area contributed by atoms with Gasteiger partial charge in [-0.25, -0.2) is 0 Å². The topological polar surface area (TPSA) is 38.0 Å². The molecule has 1 aromatic rings. The number of hydrazine groups is 1. The Morgan fingerprint density at radius 1 is 1.07 bits per heavy atom. The van der Waals surface area contributed by atoms with Crippen LogP contribution < -0.4 is 11.3 Å². The molecule has 0 atom stereocenters. The van der Waals surface area contributed by atoms with Gasteiger partial charge in [0.1, 0.15) is 0 Å². The van der Waals surface area contributed by atoms with Gasteiger partial charge in [0.25, 0.3) is 0 Å². The van der Waals surface area contributed by atoms with E-state index in [1.54, 1.807) is 6.20 Å². The van der Waals surface area contributed by atoms with Crippen LogP contribution in [0.15, 0.2) is 36.5 Å². The minimum absolute atomic E-state index is 1.37. The van der Waals surface area contributed by atoms with Crippen molar-refractivity contribution >= 4 is 0 Å². The second-order valence-corrected chi connectivity index (χ2v) is 2.75. The van der Waals surface area contributed by atoms with Crippen molar-refractivity contribution in [3.8, 4) is 0 Å². The van der Waals surface area contributed by atoms with Gasteiger partial charge in [-0.3, -0.25) is 5.84 Å². The smallest absolute Gasteiger partial charge is 0.00798 e. The van der Waals surface area contributed by atoms with Crippen molar-refractivity contribution in [3.05, 3.63) is 47.7 Å². The molecule has 0 amide bonds. The fraction of sp³-hybridized carbons (Fsp3) is 0.385. The zero-order chi connectivity index (χ0) is 12.1. The van der Waals surface area contributed by atoms with Gasteiger partial charge in [0, 0.05) is 6.20 Å². The number of rotatable bonds is 1. The lowest BCUT2D eigenvalue weighted by Crippen LogP contribution is -2.12. The van der Waals surface area contributed by atoms with Gasteiger partial charge in [0.15, 0.2) is 0 Å². The van der Waals surface area contributed by atoms with Crippen LogP contribution in [0.4, 0.5) is 0 Å². The molecule has 0 spiro atoms. The van der Waals surface area contributed by atoms with Crippen LogP contribution in [0.3, 0.4) is 0 Å². The third-order valence-corrected chi connectivity index (χ3v) is 1.69. The average Bonchev–Trinajstić information content (AvgIpc) is 2.27. The van der Waals surface area contributed by atoms with Crippen LogP contribution in [0.25, 0.3) is 0 Å². The first-order chi connectivity index (χ1) is 7.22. The Hall–Kier alpha value is -1.28. The summed E-state index contributed by atoms with van der Waals surface area (Å²) < 4.78 is 0. The average molecular weight is 208 g/mol. The van der Waals surface area contributed by atoms with E-state index in [-0.39, 0.29) is 0 Å². The lowest BCUT2D eigenvalue weighted by atomic mass is 10.1. The van der Waals surface area contributed by atoms with E-state index in [4.69, 9.17) is 5.84 Å².